The number of carbonyl (C=O) groups excluding carboxylic acids is 2. The van der Waals surface area contributed by atoms with E-state index in [2.05, 4.69) is 50.3 Å². The molecule has 3 unspecified atom stereocenters. The molecule has 0 amide bonds. The third-order valence-corrected chi connectivity index (χ3v) is 10.3. The molecule has 314 valence electrons. The van der Waals surface area contributed by atoms with E-state index in [9.17, 15) is 19.0 Å². The van der Waals surface area contributed by atoms with Gasteiger partial charge >= 0.3 is 19.8 Å². The number of carbonyl (C=O) groups is 2. The van der Waals surface area contributed by atoms with Crippen molar-refractivity contribution in [3.8, 4) is 0 Å². The summed E-state index contributed by atoms with van der Waals surface area (Å²) in [6, 6.07) is 0. The van der Waals surface area contributed by atoms with Crippen molar-refractivity contribution in [2.75, 3.05) is 47.5 Å². The molecule has 11 heteroatoms. The molecule has 1 saturated heterocycles. The van der Waals surface area contributed by atoms with Crippen molar-refractivity contribution >= 4 is 19.8 Å². The van der Waals surface area contributed by atoms with Crippen LogP contribution in [0.2, 0.25) is 0 Å². The second-order valence-corrected chi connectivity index (χ2v) is 17.2. The van der Waals surface area contributed by atoms with Crippen molar-refractivity contribution in [1.82, 2.24) is 0 Å². The van der Waals surface area contributed by atoms with Crippen LogP contribution in [0.25, 0.3) is 0 Å². The van der Waals surface area contributed by atoms with Crippen LogP contribution in [0, 0.1) is 0 Å². The van der Waals surface area contributed by atoms with Gasteiger partial charge in [0.05, 0.1) is 40.0 Å². The van der Waals surface area contributed by atoms with Gasteiger partial charge in [-0.2, -0.15) is 0 Å². The Bertz CT molecular complexity index is 1090. The van der Waals surface area contributed by atoms with Crippen LogP contribution in [-0.4, -0.2) is 87.1 Å². The fourth-order valence-electron chi connectivity index (χ4n) is 5.86. The van der Waals surface area contributed by atoms with Crippen LogP contribution in [0.15, 0.2) is 36.5 Å². The van der Waals surface area contributed by atoms with Gasteiger partial charge in [0.2, 0.25) is 0 Å². The van der Waals surface area contributed by atoms with E-state index in [1.807, 2.05) is 21.1 Å². The molecular weight excluding hydrogens is 705 g/mol. The summed E-state index contributed by atoms with van der Waals surface area (Å²) in [5.74, 6) is -0.868. The zero-order chi connectivity index (χ0) is 39.8. The van der Waals surface area contributed by atoms with Gasteiger partial charge in [-0.3, -0.25) is 18.6 Å². The summed E-state index contributed by atoms with van der Waals surface area (Å²) in [5.41, 5.74) is 0. The smallest absolute Gasteiger partial charge is 0.462 e. The fourth-order valence-corrected chi connectivity index (χ4v) is 6.61. The van der Waals surface area contributed by atoms with Gasteiger partial charge in [-0.1, -0.05) is 140 Å². The molecule has 54 heavy (non-hydrogen) atoms. The maximum Gasteiger partial charge on any atom is 0.472 e. The minimum Gasteiger partial charge on any atom is -0.462 e. The summed E-state index contributed by atoms with van der Waals surface area (Å²) >= 11 is 0. The topological polar surface area (TPSA) is 121 Å². The van der Waals surface area contributed by atoms with Crippen LogP contribution in [0.1, 0.15) is 162 Å². The monoisotopic (exact) mass is 785 g/mol. The Labute approximate surface area is 329 Å². The number of phosphoric acid groups is 1. The number of nitrogens with zero attached hydrogens (tertiary/aromatic N) is 1. The minimum atomic E-state index is -4.38. The molecule has 0 aliphatic carbocycles. The maximum absolute atomic E-state index is 12.6. The average molecular weight is 785 g/mol. The molecule has 10 nitrogen and oxygen atoms in total. The Balaban J connectivity index is 2.32. The minimum absolute atomic E-state index is 0.0218. The maximum atomic E-state index is 12.6. The highest BCUT2D eigenvalue weighted by atomic mass is 31.2. The quantitative estimate of drug-likeness (QED) is 0.0164. The van der Waals surface area contributed by atoms with Gasteiger partial charge in [-0.05, 0) is 44.9 Å². The first-order valence-corrected chi connectivity index (χ1v) is 22.8. The Morgan fingerprint density at radius 1 is 0.685 bits per heavy atom. The fraction of sp³-hybridized carbons (Fsp3) is 0.814. The molecule has 1 N–H and O–H groups in total. The number of ether oxygens (including phenoxy) is 3. The van der Waals surface area contributed by atoms with Gasteiger partial charge in [0, 0.05) is 12.8 Å². The number of esters is 2. The molecule has 0 aromatic heterocycles. The Morgan fingerprint density at radius 3 is 1.87 bits per heavy atom. The normalized spacial score (nSPS) is 17.7. The number of rotatable bonds is 37. The lowest BCUT2D eigenvalue weighted by Crippen LogP contribution is -2.37. The van der Waals surface area contributed by atoms with Crippen LogP contribution in [0.5, 0.6) is 0 Å². The first kappa shape index (κ1) is 50.2. The molecule has 1 rings (SSSR count). The van der Waals surface area contributed by atoms with Gasteiger partial charge in [0.15, 0.2) is 6.10 Å². The SMILES string of the molecule is CCCCCCCCCCCCCCC(=O)O[C@H](COC(=O)CCC/C=C\C/C=C\C/C=C\CC1OC1CCCCC)COP(=O)(O)OCC[N+](C)(C)C. The van der Waals surface area contributed by atoms with E-state index in [4.69, 9.17) is 23.3 Å². The van der Waals surface area contributed by atoms with E-state index in [1.54, 1.807) is 0 Å². The van der Waals surface area contributed by atoms with E-state index in [-0.39, 0.29) is 26.1 Å². The molecule has 0 saturated carbocycles. The molecule has 0 aromatic carbocycles. The number of hydrogen-bond acceptors (Lipinski definition) is 8. The molecule has 1 aliphatic heterocycles. The lowest BCUT2D eigenvalue weighted by atomic mass is 10.0. The number of likely N-dealkylation sites (N-methyl/N-ethyl adjacent to an activating group) is 1. The molecular formula is C43H79NO9P+. The summed E-state index contributed by atoms with van der Waals surface area (Å²) < 4.78 is 39.9. The summed E-state index contributed by atoms with van der Waals surface area (Å²) in [4.78, 5) is 35.3. The van der Waals surface area contributed by atoms with Crippen molar-refractivity contribution in [2.45, 2.75) is 180 Å². The third-order valence-electron chi connectivity index (χ3n) is 9.35. The van der Waals surface area contributed by atoms with Gasteiger partial charge in [0.1, 0.15) is 19.8 Å². The zero-order valence-corrected chi connectivity index (χ0v) is 35.8. The van der Waals surface area contributed by atoms with E-state index in [0.717, 1.165) is 44.9 Å². The zero-order valence-electron chi connectivity index (χ0n) is 34.9. The molecule has 1 aliphatic rings. The number of unbranched alkanes of at least 4 members (excludes halogenated alkanes) is 14. The molecule has 0 aromatic rings. The highest BCUT2D eigenvalue weighted by Crippen LogP contribution is 2.43. The van der Waals surface area contributed by atoms with Crippen molar-refractivity contribution in [3.63, 3.8) is 0 Å². The lowest BCUT2D eigenvalue weighted by Gasteiger charge is -2.24. The van der Waals surface area contributed by atoms with Crippen LogP contribution in [-0.2, 0) is 37.4 Å². The van der Waals surface area contributed by atoms with Gasteiger partial charge < -0.3 is 23.6 Å². The van der Waals surface area contributed by atoms with Crippen molar-refractivity contribution in [1.29, 1.82) is 0 Å². The molecule has 0 spiro atoms. The molecule has 1 heterocycles. The van der Waals surface area contributed by atoms with Crippen molar-refractivity contribution < 1.29 is 46.8 Å². The Hall–Kier alpha value is -1.81. The first-order valence-electron chi connectivity index (χ1n) is 21.3. The van der Waals surface area contributed by atoms with Gasteiger partial charge in [-0.25, -0.2) is 4.57 Å². The number of epoxide rings is 1. The second kappa shape index (κ2) is 32.3. The average Bonchev–Trinajstić information content (AvgIpc) is 3.87. The van der Waals surface area contributed by atoms with Crippen molar-refractivity contribution in [3.05, 3.63) is 36.5 Å². The van der Waals surface area contributed by atoms with E-state index >= 15 is 0 Å². The summed E-state index contributed by atoms with van der Waals surface area (Å²) in [7, 11) is 1.44. The van der Waals surface area contributed by atoms with Crippen LogP contribution in [0.3, 0.4) is 0 Å². The highest BCUT2D eigenvalue weighted by molar-refractivity contribution is 7.47. The van der Waals surface area contributed by atoms with Crippen molar-refractivity contribution in [2.24, 2.45) is 0 Å². The number of allylic oxidation sites excluding steroid dienone is 5. The van der Waals surface area contributed by atoms with Crippen LogP contribution in [0.4, 0.5) is 0 Å². The van der Waals surface area contributed by atoms with E-state index in [1.165, 1.54) is 77.0 Å². The lowest BCUT2D eigenvalue weighted by molar-refractivity contribution is -0.870. The number of quaternary nitrogens is 1. The third kappa shape index (κ3) is 32.4. The van der Waals surface area contributed by atoms with Gasteiger partial charge in [-0.15, -0.1) is 0 Å². The highest BCUT2D eigenvalue weighted by Gasteiger charge is 2.36. The number of hydrogen-bond donors (Lipinski definition) is 1. The van der Waals surface area contributed by atoms with Gasteiger partial charge in [0.25, 0.3) is 0 Å². The standard InChI is InChI=1S/C43H78NO9P/c1-6-8-10-11-12-13-14-15-20-23-26-30-34-43(46)52-39(38-51-54(47,48)50-36-35-44(3,4)5)37-49-42(45)33-29-25-22-19-17-16-18-21-24-28-32-41-40(53-41)31-27-9-7-2/h16,18-19,22,24,28,39-41H,6-15,17,20-21,23,25-27,29-38H2,1-5H3/p+1/b18-16-,22-19-,28-24-/t39-,40?,41?/m1/s1. The number of phosphoric ester groups is 1. The Kier molecular flexibility index (Phi) is 30.0. The van der Waals surface area contributed by atoms with E-state index < -0.39 is 32.5 Å². The molecule has 0 bridgehead atoms. The van der Waals surface area contributed by atoms with E-state index in [0.29, 0.717) is 36.1 Å². The predicted molar refractivity (Wildman–Crippen MR) is 219 cm³/mol. The Morgan fingerprint density at radius 2 is 1.24 bits per heavy atom. The summed E-state index contributed by atoms with van der Waals surface area (Å²) in [6.45, 7) is 4.31. The second-order valence-electron chi connectivity index (χ2n) is 15.8. The molecule has 4 atom stereocenters. The predicted octanol–water partition coefficient (Wildman–Crippen LogP) is 10.7. The largest absolute Gasteiger partial charge is 0.472 e. The summed E-state index contributed by atoms with van der Waals surface area (Å²) in [6.07, 6.45) is 36.6. The van der Waals surface area contributed by atoms with Crippen LogP contribution < -0.4 is 0 Å². The molecule has 1 fully saturated rings. The first-order chi connectivity index (χ1) is 26.0. The van der Waals surface area contributed by atoms with Crippen LogP contribution >= 0.6 is 7.82 Å². The summed E-state index contributed by atoms with van der Waals surface area (Å²) in [5, 5.41) is 0. The molecule has 0 radical (unpaired) electrons.